The lowest BCUT2D eigenvalue weighted by atomic mass is 9.90. The topological polar surface area (TPSA) is 58.2 Å². The molecule has 0 aliphatic heterocycles. The van der Waals surface area contributed by atoms with Gasteiger partial charge in [0, 0.05) is 23.2 Å². The van der Waals surface area contributed by atoms with Crippen LogP contribution in [0.4, 0.5) is 0 Å². The van der Waals surface area contributed by atoms with E-state index in [1.54, 1.807) is 0 Å². The van der Waals surface area contributed by atoms with Gasteiger partial charge in [-0.05, 0) is 99.9 Å². The molecule has 4 heteroatoms. The van der Waals surface area contributed by atoms with Crippen LogP contribution in [-0.4, -0.2) is 23.9 Å². The summed E-state index contributed by atoms with van der Waals surface area (Å²) in [4.78, 5) is 25.0. The van der Waals surface area contributed by atoms with Crippen LogP contribution in [0.5, 0.6) is 0 Å². The Morgan fingerprint density at radius 2 is 1.00 bits per heavy atom. The van der Waals surface area contributed by atoms with E-state index in [9.17, 15) is 9.59 Å². The summed E-state index contributed by atoms with van der Waals surface area (Å²) in [6.45, 7) is 8.14. The van der Waals surface area contributed by atoms with Gasteiger partial charge in [-0.25, -0.2) is 0 Å². The summed E-state index contributed by atoms with van der Waals surface area (Å²) < 4.78 is 0. The molecule has 0 bridgehead atoms. The molecule has 0 radical (unpaired) electrons. The first-order valence-corrected chi connectivity index (χ1v) is 10.1. The van der Waals surface area contributed by atoms with E-state index in [1.165, 1.54) is 11.1 Å². The molecule has 4 nitrogen and oxygen atoms in total. The summed E-state index contributed by atoms with van der Waals surface area (Å²) >= 11 is 0. The van der Waals surface area contributed by atoms with Crippen molar-refractivity contribution in [2.24, 2.45) is 0 Å². The third-order valence-electron chi connectivity index (χ3n) is 5.94. The zero-order valence-electron chi connectivity index (χ0n) is 17.3. The quantitative estimate of drug-likeness (QED) is 0.829. The van der Waals surface area contributed by atoms with Crippen molar-refractivity contribution in [3.8, 4) is 0 Å². The van der Waals surface area contributed by atoms with Crippen LogP contribution >= 0.6 is 0 Å². The second-order valence-corrected chi connectivity index (χ2v) is 8.09. The summed E-state index contributed by atoms with van der Waals surface area (Å²) in [6.07, 6.45) is 3.53. The maximum Gasteiger partial charge on any atom is 0.251 e. The normalized spacial score (nSPS) is 19.1. The first-order valence-electron chi connectivity index (χ1n) is 10.1. The molecule has 3 rings (SSSR count). The van der Waals surface area contributed by atoms with Crippen molar-refractivity contribution in [2.75, 3.05) is 0 Å². The highest BCUT2D eigenvalue weighted by atomic mass is 16.2. The van der Waals surface area contributed by atoms with Crippen LogP contribution in [0.3, 0.4) is 0 Å². The molecule has 0 heterocycles. The molecule has 1 saturated carbocycles. The molecule has 148 valence electrons. The van der Waals surface area contributed by atoms with Gasteiger partial charge in [0.1, 0.15) is 0 Å². The van der Waals surface area contributed by atoms with Gasteiger partial charge in [-0.1, -0.05) is 12.1 Å². The first kappa shape index (κ1) is 20.1. The average molecular weight is 379 g/mol. The maximum absolute atomic E-state index is 12.5. The molecule has 1 aliphatic rings. The maximum atomic E-state index is 12.5. The van der Waals surface area contributed by atoms with Gasteiger partial charge < -0.3 is 10.6 Å². The van der Waals surface area contributed by atoms with E-state index >= 15 is 0 Å². The average Bonchev–Trinajstić information content (AvgIpc) is 2.67. The summed E-state index contributed by atoms with van der Waals surface area (Å²) in [5.41, 5.74) is 6.07. The summed E-state index contributed by atoms with van der Waals surface area (Å²) in [7, 11) is 0. The highest BCUT2D eigenvalue weighted by Crippen LogP contribution is 2.20. The minimum atomic E-state index is -0.00860. The van der Waals surface area contributed by atoms with E-state index in [4.69, 9.17) is 0 Å². The number of carbonyl (C=O) groups excluding carboxylic acids is 2. The third-order valence-corrected chi connectivity index (χ3v) is 5.94. The molecular formula is C24H30N2O2. The number of benzene rings is 2. The fourth-order valence-electron chi connectivity index (χ4n) is 3.68. The van der Waals surface area contributed by atoms with E-state index in [0.29, 0.717) is 11.1 Å². The van der Waals surface area contributed by atoms with Crippen molar-refractivity contribution in [3.63, 3.8) is 0 Å². The second-order valence-electron chi connectivity index (χ2n) is 8.09. The van der Waals surface area contributed by atoms with E-state index in [0.717, 1.165) is 36.8 Å². The molecule has 28 heavy (non-hydrogen) atoms. The van der Waals surface area contributed by atoms with E-state index in [2.05, 4.69) is 10.6 Å². The lowest BCUT2D eigenvalue weighted by Gasteiger charge is -2.29. The molecule has 0 atom stereocenters. The minimum Gasteiger partial charge on any atom is -0.349 e. The van der Waals surface area contributed by atoms with Gasteiger partial charge in [0.2, 0.25) is 0 Å². The largest absolute Gasteiger partial charge is 0.349 e. The Labute approximate surface area is 167 Å². The van der Waals surface area contributed by atoms with Crippen molar-refractivity contribution in [1.29, 1.82) is 0 Å². The van der Waals surface area contributed by atoms with E-state index < -0.39 is 0 Å². The van der Waals surface area contributed by atoms with Crippen molar-refractivity contribution in [3.05, 3.63) is 69.8 Å². The number of carbonyl (C=O) groups is 2. The van der Waals surface area contributed by atoms with E-state index in [1.807, 2.05) is 64.1 Å². The first-order chi connectivity index (χ1) is 13.3. The Kier molecular flexibility index (Phi) is 6.18. The third kappa shape index (κ3) is 4.80. The second kappa shape index (κ2) is 8.59. The van der Waals surface area contributed by atoms with Gasteiger partial charge >= 0.3 is 0 Å². The van der Waals surface area contributed by atoms with Crippen LogP contribution in [-0.2, 0) is 0 Å². The van der Waals surface area contributed by atoms with Crippen LogP contribution < -0.4 is 10.6 Å². The number of rotatable bonds is 4. The monoisotopic (exact) mass is 378 g/mol. The standard InChI is InChI=1S/C24H30N2O2/c1-15-5-7-19(13-17(15)3)23(27)25-21-9-11-22(12-10-21)26-24(28)20-8-6-16(2)18(4)14-20/h5-8,13-14,21-22H,9-12H2,1-4H3,(H,25,27)(H,26,28). The highest BCUT2D eigenvalue weighted by Gasteiger charge is 2.24. The van der Waals surface area contributed by atoms with Gasteiger partial charge in [-0.15, -0.1) is 0 Å². The van der Waals surface area contributed by atoms with Crippen molar-refractivity contribution < 1.29 is 9.59 Å². The lowest BCUT2D eigenvalue weighted by Crippen LogP contribution is -2.43. The Morgan fingerprint density at radius 1 is 0.643 bits per heavy atom. The Bertz CT molecular complexity index is 807. The molecule has 2 amide bonds. The van der Waals surface area contributed by atoms with Crippen molar-refractivity contribution >= 4 is 11.8 Å². The molecule has 1 aliphatic carbocycles. The molecular weight excluding hydrogens is 348 g/mol. The van der Waals surface area contributed by atoms with Gasteiger partial charge in [0.15, 0.2) is 0 Å². The van der Waals surface area contributed by atoms with Crippen LogP contribution in [0.1, 0.15) is 68.7 Å². The summed E-state index contributed by atoms with van der Waals surface area (Å²) in [5, 5.41) is 6.30. The number of amides is 2. The molecule has 0 unspecified atom stereocenters. The Balaban J connectivity index is 1.50. The summed E-state index contributed by atoms with van der Waals surface area (Å²) in [5.74, 6) is -0.0172. The number of hydrogen-bond acceptors (Lipinski definition) is 2. The lowest BCUT2D eigenvalue weighted by molar-refractivity contribution is 0.0892. The van der Waals surface area contributed by atoms with Crippen LogP contribution in [0, 0.1) is 27.7 Å². The van der Waals surface area contributed by atoms with E-state index in [-0.39, 0.29) is 23.9 Å². The Morgan fingerprint density at radius 3 is 1.32 bits per heavy atom. The number of aryl methyl sites for hydroxylation is 4. The SMILES string of the molecule is Cc1ccc(C(=O)NC2CCC(NC(=O)c3ccc(C)c(C)c3)CC2)cc1C. The minimum absolute atomic E-state index is 0.00860. The molecule has 0 aromatic heterocycles. The predicted octanol–water partition coefficient (Wildman–Crippen LogP) is 4.39. The van der Waals surface area contributed by atoms with Gasteiger partial charge in [-0.3, -0.25) is 9.59 Å². The van der Waals surface area contributed by atoms with Gasteiger partial charge in [0.25, 0.3) is 11.8 Å². The van der Waals surface area contributed by atoms with Crippen LogP contribution in [0.25, 0.3) is 0 Å². The van der Waals surface area contributed by atoms with Gasteiger partial charge in [0.05, 0.1) is 0 Å². The molecule has 0 saturated heterocycles. The van der Waals surface area contributed by atoms with Crippen molar-refractivity contribution in [2.45, 2.75) is 65.5 Å². The zero-order valence-corrected chi connectivity index (χ0v) is 17.3. The number of nitrogens with one attached hydrogen (secondary N) is 2. The van der Waals surface area contributed by atoms with Crippen molar-refractivity contribution in [1.82, 2.24) is 10.6 Å². The zero-order chi connectivity index (χ0) is 20.3. The molecule has 1 fully saturated rings. The smallest absolute Gasteiger partial charge is 0.251 e. The van der Waals surface area contributed by atoms with Crippen LogP contribution in [0.15, 0.2) is 36.4 Å². The highest BCUT2D eigenvalue weighted by molar-refractivity contribution is 5.95. The molecule has 2 aromatic carbocycles. The predicted molar refractivity (Wildman–Crippen MR) is 113 cm³/mol. The summed E-state index contributed by atoms with van der Waals surface area (Å²) in [6, 6.07) is 12.0. The van der Waals surface area contributed by atoms with Crippen LogP contribution in [0.2, 0.25) is 0 Å². The fraction of sp³-hybridized carbons (Fsp3) is 0.417. The van der Waals surface area contributed by atoms with Gasteiger partial charge in [-0.2, -0.15) is 0 Å². The Hall–Kier alpha value is -2.62. The molecule has 0 spiro atoms. The number of hydrogen-bond donors (Lipinski definition) is 2. The molecule has 2 N–H and O–H groups in total. The molecule has 2 aromatic rings. The fourth-order valence-corrected chi connectivity index (χ4v) is 3.68.